The van der Waals surface area contributed by atoms with Gasteiger partial charge in [0.25, 0.3) is 0 Å². The van der Waals surface area contributed by atoms with Crippen molar-refractivity contribution in [2.24, 2.45) is 63.6 Å². The van der Waals surface area contributed by atoms with Crippen LogP contribution in [0.3, 0.4) is 0 Å². The van der Waals surface area contributed by atoms with Crippen LogP contribution in [-0.2, 0) is 0 Å². The summed E-state index contributed by atoms with van der Waals surface area (Å²) in [7, 11) is 0. The first-order valence-corrected chi connectivity index (χ1v) is 14.6. The average molecular weight is 493 g/mol. The highest BCUT2D eigenvalue weighted by molar-refractivity contribution is 5.21. The third-order valence-electron chi connectivity index (χ3n) is 13.6. The molecule has 0 aromatic rings. The average Bonchev–Trinajstić information content (AvgIpc) is 3.32. The zero-order chi connectivity index (χ0) is 25.9. The number of fused-ring (bicyclic) bond motifs is 5. The molecule has 0 spiro atoms. The smallest absolute Gasteiger partial charge is 0.101 e. The quantitative estimate of drug-likeness (QED) is 0.409. The Labute approximate surface area is 212 Å². The highest BCUT2D eigenvalue weighted by Crippen LogP contribution is 2.72. The fraction of sp³-hybridized carbons (Fsp3) is 1.00. The van der Waals surface area contributed by atoms with Gasteiger partial charge in [0.1, 0.15) is 5.60 Å². The molecule has 5 aliphatic rings. The minimum atomic E-state index is -1.58. The molecule has 0 aromatic carbocycles. The van der Waals surface area contributed by atoms with E-state index in [0.717, 1.165) is 12.3 Å². The molecule has 5 fully saturated rings. The molecule has 0 amide bonds. The van der Waals surface area contributed by atoms with E-state index in [2.05, 4.69) is 41.5 Å². The van der Waals surface area contributed by atoms with Crippen molar-refractivity contribution in [1.82, 2.24) is 0 Å². The Kier molecular flexibility index (Phi) is 6.15. The molecule has 5 N–H and O–H groups in total. The summed E-state index contributed by atoms with van der Waals surface area (Å²) in [6.45, 7) is 16.3. The lowest BCUT2D eigenvalue weighted by Gasteiger charge is -2.67. The van der Waals surface area contributed by atoms with E-state index in [1.807, 2.05) is 6.92 Å². The van der Waals surface area contributed by atoms with Crippen molar-refractivity contribution in [2.75, 3.05) is 0 Å². The Morgan fingerprint density at radius 1 is 0.771 bits per heavy atom. The Balaban J connectivity index is 1.44. The molecule has 0 bridgehead atoms. The predicted octanol–water partition coefficient (Wildman–Crippen LogP) is 3.99. The summed E-state index contributed by atoms with van der Waals surface area (Å²) >= 11 is 0. The minimum Gasteiger partial charge on any atom is -0.393 e. The molecule has 5 nitrogen and oxygen atoms in total. The molecule has 15 atom stereocenters. The molecular formula is C30H52O5. The fourth-order valence-corrected chi connectivity index (χ4v) is 11.1. The van der Waals surface area contributed by atoms with E-state index in [9.17, 15) is 25.5 Å². The van der Waals surface area contributed by atoms with Gasteiger partial charge in [0, 0.05) is 11.8 Å². The zero-order valence-electron chi connectivity index (χ0n) is 23.1. The van der Waals surface area contributed by atoms with Gasteiger partial charge in [0.2, 0.25) is 0 Å². The molecule has 0 saturated heterocycles. The van der Waals surface area contributed by atoms with Crippen molar-refractivity contribution < 1.29 is 25.5 Å². The van der Waals surface area contributed by atoms with Crippen LogP contribution in [0.15, 0.2) is 0 Å². The molecule has 0 heterocycles. The second-order valence-electron chi connectivity index (χ2n) is 15.0. The Hall–Kier alpha value is -0.200. The van der Waals surface area contributed by atoms with Crippen LogP contribution in [0, 0.1) is 63.6 Å². The van der Waals surface area contributed by atoms with Gasteiger partial charge in [0.05, 0.1) is 24.4 Å². The second-order valence-corrected chi connectivity index (χ2v) is 15.0. The maximum atomic E-state index is 11.8. The molecule has 5 saturated carbocycles. The molecule has 5 heteroatoms. The van der Waals surface area contributed by atoms with E-state index in [4.69, 9.17) is 0 Å². The van der Waals surface area contributed by atoms with E-state index < -0.39 is 35.4 Å². The van der Waals surface area contributed by atoms with Gasteiger partial charge in [-0.2, -0.15) is 0 Å². The summed E-state index contributed by atoms with van der Waals surface area (Å²) < 4.78 is 0. The highest BCUT2D eigenvalue weighted by atomic mass is 16.4. The van der Waals surface area contributed by atoms with Gasteiger partial charge in [-0.1, -0.05) is 48.5 Å². The van der Waals surface area contributed by atoms with Crippen LogP contribution in [-0.4, -0.2) is 55.5 Å². The van der Waals surface area contributed by atoms with Gasteiger partial charge in [0.15, 0.2) is 0 Å². The van der Waals surface area contributed by atoms with Gasteiger partial charge >= 0.3 is 0 Å². The summed E-state index contributed by atoms with van der Waals surface area (Å²) in [5.41, 5.74) is -2.18. The van der Waals surface area contributed by atoms with Gasteiger partial charge in [-0.15, -0.1) is 0 Å². The monoisotopic (exact) mass is 492 g/mol. The summed E-state index contributed by atoms with van der Waals surface area (Å²) in [4.78, 5) is 0. The maximum Gasteiger partial charge on any atom is 0.101 e. The van der Waals surface area contributed by atoms with Crippen molar-refractivity contribution in [3.05, 3.63) is 0 Å². The predicted molar refractivity (Wildman–Crippen MR) is 136 cm³/mol. The van der Waals surface area contributed by atoms with Crippen LogP contribution in [0.5, 0.6) is 0 Å². The Morgan fingerprint density at radius 3 is 2.06 bits per heavy atom. The SMILES string of the molecule is CC(C)[C@H](C)[C@]1(C)C[C@@H]1[C@@H](C)[C@H]1CC[C@H]2[C@@H]3C[C@@H](O)[C@@]4(O)C[C@@H](O)C[C@H](O)[C@]4(C)[C@@H]3[C@H](O)C[C@]12C. The van der Waals surface area contributed by atoms with E-state index in [1.165, 1.54) is 12.8 Å². The van der Waals surface area contributed by atoms with Crippen LogP contribution in [0.4, 0.5) is 0 Å². The molecule has 5 rings (SSSR count). The summed E-state index contributed by atoms with van der Waals surface area (Å²) in [5, 5.41) is 56.3. The topological polar surface area (TPSA) is 101 Å². The zero-order valence-corrected chi connectivity index (χ0v) is 23.1. The number of aliphatic hydroxyl groups is 5. The summed E-state index contributed by atoms with van der Waals surface area (Å²) in [6.07, 6.45) is 1.57. The van der Waals surface area contributed by atoms with Crippen molar-refractivity contribution >= 4 is 0 Å². The molecule has 0 unspecified atom stereocenters. The number of rotatable bonds is 4. The second kappa shape index (κ2) is 8.15. The van der Waals surface area contributed by atoms with Crippen molar-refractivity contribution in [2.45, 2.75) is 123 Å². The molecule has 0 aromatic heterocycles. The van der Waals surface area contributed by atoms with Crippen LogP contribution >= 0.6 is 0 Å². The van der Waals surface area contributed by atoms with Crippen molar-refractivity contribution in [1.29, 1.82) is 0 Å². The van der Waals surface area contributed by atoms with Gasteiger partial charge < -0.3 is 25.5 Å². The van der Waals surface area contributed by atoms with Crippen LogP contribution in [0.25, 0.3) is 0 Å². The van der Waals surface area contributed by atoms with Crippen LogP contribution in [0.2, 0.25) is 0 Å². The lowest BCUT2D eigenvalue weighted by molar-refractivity contribution is -0.310. The van der Waals surface area contributed by atoms with E-state index >= 15 is 0 Å². The van der Waals surface area contributed by atoms with E-state index in [1.54, 1.807) is 0 Å². The molecule has 35 heavy (non-hydrogen) atoms. The molecule has 0 radical (unpaired) electrons. The van der Waals surface area contributed by atoms with Crippen LogP contribution in [0.1, 0.15) is 93.4 Å². The lowest BCUT2D eigenvalue weighted by atomic mass is 9.41. The first-order valence-electron chi connectivity index (χ1n) is 14.6. The van der Waals surface area contributed by atoms with E-state index in [-0.39, 0.29) is 30.1 Å². The number of hydrogen-bond acceptors (Lipinski definition) is 5. The molecule has 0 aliphatic heterocycles. The van der Waals surface area contributed by atoms with Crippen LogP contribution < -0.4 is 0 Å². The molecule has 5 aliphatic carbocycles. The molecule has 202 valence electrons. The first-order chi connectivity index (χ1) is 16.1. The standard InChI is InChI=1S/C30H52O5/c1-15(2)17(4)27(5)13-22(27)16(3)20-8-9-21-19-11-25(34)30(35)12-18(31)10-24(33)29(30,7)26(19)23(32)14-28(20,21)6/h15-26,31-35H,8-14H2,1-7H3/t16-,17-,18-,19-,20+,21-,22+,23+,24-,25+,26-,27-,28+,29+,30-/m0/s1. The number of aliphatic hydroxyl groups excluding tert-OH is 4. The third-order valence-corrected chi connectivity index (χ3v) is 13.6. The Morgan fingerprint density at radius 2 is 1.43 bits per heavy atom. The highest BCUT2D eigenvalue weighted by Gasteiger charge is 2.72. The Bertz CT molecular complexity index is 832. The van der Waals surface area contributed by atoms with E-state index in [0.29, 0.717) is 47.8 Å². The van der Waals surface area contributed by atoms with Crippen molar-refractivity contribution in [3.63, 3.8) is 0 Å². The van der Waals surface area contributed by atoms with Gasteiger partial charge in [-0.25, -0.2) is 0 Å². The minimum absolute atomic E-state index is 0.00916. The third kappa shape index (κ3) is 3.36. The summed E-state index contributed by atoms with van der Waals surface area (Å²) in [6, 6.07) is 0. The lowest BCUT2D eigenvalue weighted by Crippen LogP contribution is -2.74. The first kappa shape index (κ1) is 26.4. The summed E-state index contributed by atoms with van der Waals surface area (Å²) in [5.74, 6) is 3.47. The number of hydrogen-bond donors (Lipinski definition) is 5. The largest absolute Gasteiger partial charge is 0.393 e. The van der Waals surface area contributed by atoms with Crippen molar-refractivity contribution in [3.8, 4) is 0 Å². The van der Waals surface area contributed by atoms with Gasteiger partial charge in [-0.3, -0.25) is 0 Å². The normalized spacial score (nSPS) is 59.4. The maximum absolute atomic E-state index is 11.8. The van der Waals surface area contributed by atoms with Gasteiger partial charge in [-0.05, 0) is 96.7 Å². The molecular weight excluding hydrogens is 440 g/mol. The fourth-order valence-electron chi connectivity index (χ4n) is 11.1.